The van der Waals surface area contributed by atoms with E-state index in [-0.39, 0.29) is 18.4 Å². The van der Waals surface area contributed by atoms with E-state index in [4.69, 9.17) is 0 Å². The molecule has 6 rings (SSSR count). The van der Waals surface area contributed by atoms with Gasteiger partial charge >= 0.3 is 0 Å². The lowest BCUT2D eigenvalue weighted by Crippen LogP contribution is -2.52. The van der Waals surface area contributed by atoms with Gasteiger partial charge in [-0.3, -0.25) is 9.59 Å². The van der Waals surface area contributed by atoms with Crippen LogP contribution in [0, 0.1) is 6.92 Å². The number of carbonyl (C=O) groups is 2. The molecule has 8 nitrogen and oxygen atoms in total. The average Bonchev–Trinajstić information content (AvgIpc) is 3.10. The van der Waals surface area contributed by atoms with Crippen molar-refractivity contribution in [1.29, 1.82) is 0 Å². The third-order valence-electron chi connectivity index (χ3n) is 8.05. The summed E-state index contributed by atoms with van der Waals surface area (Å²) in [5.74, 6) is 0.326. The average molecular weight is 595 g/mol. The predicted molar refractivity (Wildman–Crippen MR) is 173 cm³/mol. The Labute approximate surface area is 263 Å². The Balaban J connectivity index is 1.34. The quantitative estimate of drug-likeness (QED) is 0.210. The van der Waals surface area contributed by atoms with Crippen molar-refractivity contribution in [1.82, 2.24) is 30.0 Å². The number of fused-ring (bicyclic) bond motifs is 1. The molecule has 2 aromatic heterocycles. The monoisotopic (exact) mass is 594 g/mol. The van der Waals surface area contributed by atoms with Crippen molar-refractivity contribution >= 4 is 17.9 Å². The molecule has 0 spiro atoms. The minimum atomic E-state index is -0.719. The number of amides is 2. The van der Waals surface area contributed by atoms with Crippen molar-refractivity contribution in [2.24, 2.45) is 0 Å². The topological polar surface area (TPSA) is 92.2 Å². The van der Waals surface area contributed by atoms with Crippen LogP contribution >= 0.6 is 0 Å². The van der Waals surface area contributed by atoms with Crippen LogP contribution in [-0.4, -0.2) is 54.4 Å². The van der Waals surface area contributed by atoms with Gasteiger partial charge in [0, 0.05) is 61.8 Å². The molecule has 0 saturated carbocycles. The zero-order valence-electron chi connectivity index (χ0n) is 25.2. The van der Waals surface area contributed by atoms with Crippen LogP contribution in [0.2, 0.25) is 0 Å². The lowest BCUT2D eigenvalue weighted by molar-refractivity contribution is -0.144. The molecule has 0 fully saturated rings. The molecular formula is C37H34N6O2. The maximum absolute atomic E-state index is 14.5. The summed E-state index contributed by atoms with van der Waals surface area (Å²) in [6, 6.07) is 29.1. The van der Waals surface area contributed by atoms with Crippen molar-refractivity contribution in [2.45, 2.75) is 38.9 Å². The van der Waals surface area contributed by atoms with Crippen LogP contribution in [0.5, 0.6) is 0 Å². The summed E-state index contributed by atoms with van der Waals surface area (Å²) in [6.07, 6.45) is 9.39. The zero-order valence-corrected chi connectivity index (χ0v) is 25.2. The number of carbonyl (C=O) groups excluding carboxylic acids is 2. The highest BCUT2D eigenvalue weighted by atomic mass is 16.2. The number of aryl methyl sites for hydroxylation is 1. The standard InChI is InChI=1S/C37H34N6O2/c1-27-38-23-30(24-39-27)15-18-36(44)43(25-29-13-16-32(17-14-29)34-12-7-20-40-41-34)35(22-28-8-3-2-4-9-28)37(45)42-21-19-31-10-5-6-11-33(31)26-42/h2-18,20,23-24,35H,19,21-22,25-26H2,1H3/b18-15+/t35-/m0/s1. The van der Waals surface area contributed by atoms with Crippen LogP contribution in [0.3, 0.4) is 0 Å². The molecule has 3 heterocycles. The van der Waals surface area contributed by atoms with E-state index in [1.165, 1.54) is 11.6 Å². The molecule has 0 aliphatic carbocycles. The third-order valence-corrected chi connectivity index (χ3v) is 8.05. The fourth-order valence-corrected chi connectivity index (χ4v) is 5.59. The molecule has 8 heteroatoms. The Morgan fingerprint density at radius 3 is 2.33 bits per heavy atom. The number of hydrogen-bond donors (Lipinski definition) is 0. The SMILES string of the molecule is Cc1ncc(/C=C/C(=O)N(Cc2ccc(-c3cccnn3)cc2)[C@@H](Cc2ccccc2)C(=O)N2CCc3ccccc3C2)cn1. The summed E-state index contributed by atoms with van der Waals surface area (Å²) < 4.78 is 0. The highest BCUT2D eigenvalue weighted by Crippen LogP contribution is 2.24. The molecule has 1 aliphatic heterocycles. The van der Waals surface area contributed by atoms with Crippen LogP contribution in [0.1, 0.15) is 33.6 Å². The molecule has 5 aromatic rings. The second-order valence-electron chi connectivity index (χ2n) is 11.2. The molecule has 0 saturated heterocycles. The maximum Gasteiger partial charge on any atom is 0.247 e. The highest BCUT2D eigenvalue weighted by molar-refractivity contribution is 5.95. The highest BCUT2D eigenvalue weighted by Gasteiger charge is 2.34. The lowest BCUT2D eigenvalue weighted by atomic mass is 9.97. The molecule has 0 bridgehead atoms. The normalized spacial score (nSPS) is 13.3. The summed E-state index contributed by atoms with van der Waals surface area (Å²) in [6.45, 7) is 3.19. The molecule has 1 atom stereocenters. The molecule has 224 valence electrons. The van der Waals surface area contributed by atoms with E-state index in [1.807, 2.05) is 90.7 Å². The van der Waals surface area contributed by atoms with Gasteiger partial charge in [0.05, 0.1) is 5.69 Å². The van der Waals surface area contributed by atoms with Crippen LogP contribution in [-0.2, 0) is 35.5 Å². The number of hydrogen-bond acceptors (Lipinski definition) is 6. The second-order valence-corrected chi connectivity index (χ2v) is 11.2. The van der Waals surface area contributed by atoms with Crippen LogP contribution in [0.4, 0.5) is 0 Å². The summed E-state index contributed by atoms with van der Waals surface area (Å²) in [5.41, 5.74) is 6.70. The van der Waals surface area contributed by atoms with Gasteiger partial charge < -0.3 is 9.80 Å². The zero-order chi connectivity index (χ0) is 31.0. The van der Waals surface area contributed by atoms with Gasteiger partial charge in [-0.25, -0.2) is 9.97 Å². The summed E-state index contributed by atoms with van der Waals surface area (Å²) in [4.78, 5) is 40.7. The minimum Gasteiger partial charge on any atom is -0.336 e. The summed E-state index contributed by atoms with van der Waals surface area (Å²) >= 11 is 0. The third kappa shape index (κ3) is 7.36. The van der Waals surface area contributed by atoms with E-state index in [9.17, 15) is 9.59 Å². The minimum absolute atomic E-state index is 0.0649. The Kier molecular flexibility index (Phi) is 9.11. The van der Waals surface area contributed by atoms with Gasteiger partial charge in [-0.05, 0) is 53.8 Å². The van der Waals surface area contributed by atoms with Gasteiger partial charge in [0.15, 0.2) is 0 Å². The van der Waals surface area contributed by atoms with Gasteiger partial charge in [0.1, 0.15) is 11.9 Å². The predicted octanol–water partition coefficient (Wildman–Crippen LogP) is 5.48. The first kappa shape index (κ1) is 29.6. The molecule has 45 heavy (non-hydrogen) atoms. The summed E-state index contributed by atoms with van der Waals surface area (Å²) in [5, 5.41) is 8.19. The number of benzene rings is 3. The van der Waals surface area contributed by atoms with E-state index in [1.54, 1.807) is 29.6 Å². The van der Waals surface area contributed by atoms with Gasteiger partial charge in [0.2, 0.25) is 11.8 Å². The van der Waals surface area contributed by atoms with Crippen LogP contribution < -0.4 is 0 Å². The summed E-state index contributed by atoms with van der Waals surface area (Å²) in [7, 11) is 0. The van der Waals surface area contributed by atoms with Crippen molar-refractivity contribution in [3.05, 3.63) is 149 Å². The lowest BCUT2D eigenvalue weighted by Gasteiger charge is -2.37. The first-order chi connectivity index (χ1) is 22.0. The smallest absolute Gasteiger partial charge is 0.247 e. The van der Waals surface area contributed by atoms with Crippen LogP contribution in [0.25, 0.3) is 17.3 Å². The van der Waals surface area contributed by atoms with Crippen molar-refractivity contribution in [3.8, 4) is 11.3 Å². The van der Waals surface area contributed by atoms with Crippen molar-refractivity contribution < 1.29 is 9.59 Å². The van der Waals surface area contributed by atoms with Crippen molar-refractivity contribution in [2.75, 3.05) is 6.54 Å². The fraction of sp³-hybridized carbons (Fsp3) is 0.189. The van der Waals surface area contributed by atoms with E-state index >= 15 is 0 Å². The largest absolute Gasteiger partial charge is 0.336 e. The Morgan fingerprint density at radius 1 is 0.867 bits per heavy atom. The Morgan fingerprint density at radius 2 is 1.60 bits per heavy atom. The van der Waals surface area contributed by atoms with Gasteiger partial charge in [-0.15, -0.1) is 0 Å². The molecule has 0 unspecified atom stereocenters. The van der Waals surface area contributed by atoms with E-state index < -0.39 is 6.04 Å². The van der Waals surface area contributed by atoms with Gasteiger partial charge in [0.25, 0.3) is 0 Å². The number of nitrogens with zero attached hydrogens (tertiary/aromatic N) is 6. The van der Waals surface area contributed by atoms with Crippen molar-refractivity contribution in [3.63, 3.8) is 0 Å². The van der Waals surface area contributed by atoms with E-state index in [2.05, 4.69) is 32.3 Å². The Hall–Kier alpha value is -5.50. The molecular weight excluding hydrogens is 560 g/mol. The molecule has 0 radical (unpaired) electrons. The van der Waals surface area contributed by atoms with E-state index in [0.29, 0.717) is 30.9 Å². The molecule has 2 amide bonds. The first-order valence-electron chi connectivity index (χ1n) is 15.1. The van der Waals surface area contributed by atoms with Gasteiger partial charge in [-0.1, -0.05) is 78.9 Å². The number of aromatic nitrogens is 4. The van der Waals surface area contributed by atoms with E-state index in [0.717, 1.165) is 34.4 Å². The van der Waals surface area contributed by atoms with Gasteiger partial charge in [-0.2, -0.15) is 10.2 Å². The molecule has 0 N–H and O–H groups in total. The first-order valence-corrected chi connectivity index (χ1v) is 15.1. The molecule has 1 aliphatic rings. The number of rotatable bonds is 9. The Bertz CT molecular complexity index is 1770. The maximum atomic E-state index is 14.5. The van der Waals surface area contributed by atoms with Crippen LogP contribution in [0.15, 0.2) is 116 Å². The molecule has 3 aromatic carbocycles. The second kappa shape index (κ2) is 13.9. The fourth-order valence-electron chi connectivity index (χ4n) is 5.59.